The normalized spacial score (nSPS) is 54.6. The van der Waals surface area contributed by atoms with Gasteiger partial charge in [0.05, 0.1) is 12.0 Å². The number of hydrogen-bond donors (Lipinski definition) is 0. The summed E-state index contributed by atoms with van der Waals surface area (Å²) in [7, 11) is 0. The average molecular weight is 298 g/mol. The maximum Gasteiger partial charge on any atom is 0.312 e. The molecule has 0 aromatic heterocycles. The number of cyclic esters (lactones) is 1. The molecule has 22 heavy (non-hydrogen) atoms. The second-order valence-corrected chi connectivity index (χ2v) is 8.47. The molecule has 4 aliphatic carbocycles. The standard InChI is InChI=1S/C19H22O3/c1-18-5-3-10(20)7-14(18)11-8-12(11)16-13(18)4-6-19(2)15(16)9-22-17(19)21/h3,5,7,11-13,15-16H,4,6,8-9H2,1-2H3/t11-,12+,13-,15-,16+,18+,19-/m0/s1. The molecule has 1 aliphatic heterocycles. The van der Waals surface area contributed by atoms with Crippen LogP contribution in [-0.4, -0.2) is 18.4 Å². The zero-order valence-electron chi connectivity index (χ0n) is 13.2. The third-order valence-electron chi connectivity index (χ3n) is 7.60. The zero-order valence-corrected chi connectivity index (χ0v) is 13.2. The summed E-state index contributed by atoms with van der Waals surface area (Å²) in [6, 6.07) is 0. The van der Waals surface area contributed by atoms with Gasteiger partial charge in [-0.05, 0) is 62.0 Å². The van der Waals surface area contributed by atoms with Gasteiger partial charge < -0.3 is 4.74 Å². The van der Waals surface area contributed by atoms with Gasteiger partial charge >= 0.3 is 5.97 Å². The van der Waals surface area contributed by atoms with Crippen molar-refractivity contribution in [3.8, 4) is 0 Å². The lowest BCUT2D eigenvalue weighted by Crippen LogP contribution is -2.51. The molecule has 0 aromatic rings. The second-order valence-electron chi connectivity index (χ2n) is 8.47. The van der Waals surface area contributed by atoms with Crippen LogP contribution >= 0.6 is 0 Å². The van der Waals surface area contributed by atoms with E-state index in [1.165, 1.54) is 12.0 Å². The van der Waals surface area contributed by atoms with E-state index < -0.39 is 0 Å². The molecule has 1 saturated heterocycles. The molecule has 7 atom stereocenters. The van der Waals surface area contributed by atoms with Crippen LogP contribution in [0.1, 0.15) is 33.1 Å². The summed E-state index contributed by atoms with van der Waals surface area (Å²) in [4.78, 5) is 24.1. The summed E-state index contributed by atoms with van der Waals surface area (Å²) in [6.45, 7) is 5.04. The third-order valence-corrected chi connectivity index (χ3v) is 7.60. The van der Waals surface area contributed by atoms with Crippen molar-refractivity contribution >= 4 is 11.8 Å². The first kappa shape index (κ1) is 13.1. The number of ketones is 1. The quantitative estimate of drug-likeness (QED) is 0.646. The SMILES string of the molecule is C[C@]12C=CC(=O)C=C1[C@H]1C[C@H]1[C@@H]1[C@@H]2CC[C@]2(C)C(=O)OC[C@@H]12. The monoisotopic (exact) mass is 298 g/mol. The molecule has 4 fully saturated rings. The highest BCUT2D eigenvalue weighted by Crippen LogP contribution is 2.71. The number of carbonyl (C=O) groups is 2. The van der Waals surface area contributed by atoms with Crippen LogP contribution in [-0.2, 0) is 14.3 Å². The Morgan fingerprint density at radius 2 is 2.05 bits per heavy atom. The molecule has 0 aromatic carbocycles. The molecule has 0 spiro atoms. The lowest BCUT2D eigenvalue weighted by atomic mass is 9.48. The summed E-state index contributed by atoms with van der Waals surface area (Å²) in [5, 5.41) is 0. The minimum absolute atomic E-state index is 0.0171. The van der Waals surface area contributed by atoms with E-state index in [0.717, 1.165) is 12.8 Å². The van der Waals surface area contributed by atoms with Gasteiger partial charge in [-0.1, -0.05) is 18.6 Å². The molecule has 0 unspecified atom stereocenters. The molecule has 0 radical (unpaired) electrons. The van der Waals surface area contributed by atoms with Crippen LogP contribution in [0.4, 0.5) is 0 Å². The zero-order chi connectivity index (χ0) is 15.3. The first-order valence-electron chi connectivity index (χ1n) is 8.57. The molecule has 3 saturated carbocycles. The number of hydrogen-bond acceptors (Lipinski definition) is 3. The Morgan fingerprint density at radius 3 is 2.86 bits per heavy atom. The largest absolute Gasteiger partial charge is 0.465 e. The van der Waals surface area contributed by atoms with Gasteiger partial charge in [0.25, 0.3) is 0 Å². The molecule has 5 aliphatic rings. The second kappa shape index (κ2) is 3.74. The fourth-order valence-electron chi connectivity index (χ4n) is 6.26. The van der Waals surface area contributed by atoms with Gasteiger partial charge in [0.2, 0.25) is 0 Å². The smallest absolute Gasteiger partial charge is 0.312 e. The first-order valence-corrected chi connectivity index (χ1v) is 8.57. The summed E-state index contributed by atoms with van der Waals surface area (Å²) in [6.07, 6.45) is 9.03. The highest BCUT2D eigenvalue weighted by molar-refractivity contribution is 6.01. The minimum Gasteiger partial charge on any atom is -0.465 e. The van der Waals surface area contributed by atoms with Crippen LogP contribution < -0.4 is 0 Å². The van der Waals surface area contributed by atoms with Crippen molar-refractivity contribution in [1.29, 1.82) is 0 Å². The van der Waals surface area contributed by atoms with Crippen LogP contribution in [0, 0.1) is 40.4 Å². The number of fused-ring (bicyclic) bond motifs is 8. The van der Waals surface area contributed by atoms with Crippen LogP contribution in [0.5, 0.6) is 0 Å². The Balaban J connectivity index is 1.60. The van der Waals surface area contributed by atoms with E-state index in [-0.39, 0.29) is 22.6 Å². The number of rotatable bonds is 0. The van der Waals surface area contributed by atoms with Crippen molar-refractivity contribution in [2.75, 3.05) is 6.61 Å². The Hall–Kier alpha value is -1.38. The Morgan fingerprint density at radius 1 is 1.23 bits per heavy atom. The minimum atomic E-state index is -0.264. The fourth-order valence-corrected chi connectivity index (χ4v) is 6.26. The van der Waals surface area contributed by atoms with Gasteiger partial charge in [0.1, 0.15) is 0 Å². The van der Waals surface area contributed by atoms with Crippen LogP contribution in [0.15, 0.2) is 23.8 Å². The summed E-state index contributed by atoms with van der Waals surface area (Å²) in [5.74, 6) is 2.92. The lowest BCUT2D eigenvalue weighted by Gasteiger charge is -2.54. The third kappa shape index (κ3) is 1.34. The molecule has 5 rings (SSSR count). The van der Waals surface area contributed by atoms with E-state index in [1.807, 2.05) is 6.08 Å². The molecular formula is C19H22O3. The molecular weight excluding hydrogens is 276 g/mol. The van der Waals surface area contributed by atoms with E-state index in [0.29, 0.717) is 36.2 Å². The van der Waals surface area contributed by atoms with Crippen molar-refractivity contribution in [2.24, 2.45) is 40.4 Å². The molecule has 116 valence electrons. The van der Waals surface area contributed by atoms with Gasteiger partial charge in [-0.25, -0.2) is 0 Å². The van der Waals surface area contributed by atoms with E-state index in [4.69, 9.17) is 4.74 Å². The van der Waals surface area contributed by atoms with Crippen molar-refractivity contribution in [1.82, 2.24) is 0 Å². The topological polar surface area (TPSA) is 43.4 Å². The maximum atomic E-state index is 12.2. The lowest BCUT2D eigenvalue weighted by molar-refractivity contribution is -0.148. The highest BCUT2D eigenvalue weighted by Gasteiger charge is 2.68. The van der Waals surface area contributed by atoms with E-state index in [9.17, 15) is 9.59 Å². The molecule has 0 N–H and O–H groups in total. The van der Waals surface area contributed by atoms with Gasteiger partial charge in [-0.15, -0.1) is 0 Å². The number of allylic oxidation sites excluding steroid dienone is 4. The Kier molecular flexibility index (Phi) is 2.23. The summed E-state index contributed by atoms with van der Waals surface area (Å²) in [5.41, 5.74) is 1.13. The predicted octanol–water partition coefficient (Wildman–Crippen LogP) is 2.91. The van der Waals surface area contributed by atoms with E-state index in [1.54, 1.807) is 6.08 Å². The van der Waals surface area contributed by atoms with Gasteiger partial charge in [0, 0.05) is 11.3 Å². The van der Waals surface area contributed by atoms with Gasteiger partial charge in [-0.3, -0.25) is 9.59 Å². The number of ether oxygens (including phenoxy) is 1. The van der Waals surface area contributed by atoms with Crippen LogP contribution in [0.2, 0.25) is 0 Å². The number of esters is 1. The Bertz CT molecular complexity index is 660. The van der Waals surface area contributed by atoms with Gasteiger partial charge in [-0.2, -0.15) is 0 Å². The van der Waals surface area contributed by atoms with Crippen molar-refractivity contribution < 1.29 is 14.3 Å². The van der Waals surface area contributed by atoms with Crippen molar-refractivity contribution in [2.45, 2.75) is 33.1 Å². The summed E-state index contributed by atoms with van der Waals surface area (Å²) >= 11 is 0. The predicted molar refractivity (Wildman–Crippen MR) is 80.7 cm³/mol. The fraction of sp³-hybridized carbons (Fsp3) is 0.684. The first-order chi connectivity index (χ1) is 10.4. The van der Waals surface area contributed by atoms with Gasteiger partial charge in [0.15, 0.2) is 5.78 Å². The molecule has 3 nitrogen and oxygen atoms in total. The maximum absolute atomic E-state index is 12.2. The highest BCUT2D eigenvalue weighted by atomic mass is 16.5. The van der Waals surface area contributed by atoms with E-state index >= 15 is 0 Å². The van der Waals surface area contributed by atoms with Crippen LogP contribution in [0.25, 0.3) is 0 Å². The summed E-state index contributed by atoms with van der Waals surface area (Å²) < 4.78 is 5.48. The van der Waals surface area contributed by atoms with E-state index in [2.05, 4.69) is 19.9 Å². The van der Waals surface area contributed by atoms with Crippen molar-refractivity contribution in [3.05, 3.63) is 23.8 Å². The average Bonchev–Trinajstić information content (AvgIpc) is 3.22. The molecule has 3 heteroatoms. The Labute approximate surface area is 130 Å². The molecule has 0 amide bonds. The van der Waals surface area contributed by atoms with Crippen LogP contribution in [0.3, 0.4) is 0 Å². The number of carbonyl (C=O) groups excluding carboxylic acids is 2. The molecule has 1 heterocycles. The van der Waals surface area contributed by atoms with Crippen molar-refractivity contribution in [3.63, 3.8) is 0 Å². The molecule has 0 bridgehead atoms.